The molecule has 0 spiro atoms. The van der Waals surface area contributed by atoms with Gasteiger partial charge in [-0.1, -0.05) is 18.2 Å². The lowest BCUT2D eigenvalue weighted by Crippen LogP contribution is -2.65. The zero-order valence-electron chi connectivity index (χ0n) is 9.99. The van der Waals surface area contributed by atoms with Crippen molar-refractivity contribution in [2.45, 2.75) is 19.4 Å². The summed E-state index contributed by atoms with van der Waals surface area (Å²) in [5, 5.41) is 4.10. The number of nitrogens with one attached hydrogen (secondary N) is 2. The van der Waals surface area contributed by atoms with Gasteiger partial charge in [0.05, 0.1) is 0 Å². The third-order valence-corrected chi connectivity index (χ3v) is 2.82. The first-order valence-electron chi connectivity index (χ1n) is 5.84. The van der Waals surface area contributed by atoms with Gasteiger partial charge in [-0.15, -0.1) is 0 Å². The van der Waals surface area contributed by atoms with Crippen LogP contribution in [0.15, 0.2) is 30.5 Å². The number of carbonyl (C=O) groups excluding carboxylic acids is 1. The first kappa shape index (κ1) is 11.7. The highest BCUT2D eigenvalue weighted by molar-refractivity contribution is 5.83. The van der Waals surface area contributed by atoms with Crippen LogP contribution in [0.3, 0.4) is 0 Å². The molecule has 0 fully saturated rings. The van der Waals surface area contributed by atoms with Crippen LogP contribution in [-0.4, -0.2) is 23.5 Å². The lowest BCUT2D eigenvalue weighted by atomic mass is 10.1. The van der Waals surface area contributed by atoms with Crippen LogP contribution in [0.5, 0.6) is 0 Å². The molecule has 5 N–H and O–H groups in total. The molecule has 2 aromatic rings. The number of hydrogen-bond donors (Lipinski definition) is 3. The van der Waals surface area contributed by atoms with Gasteiger partial charge >= 0.3 is 0 Å². The fourth-order valence-corrected chi connectivity index (χ4v) is 1.83. The minimum Gasteiger partial charge on any atom is -0.361 e. The Labute approximate surface area is 100 Å². The van der Waals surface area contributed by atoms with Gasteiger partial charge in [0.2, 0.25) is 0 Å². The van der Waals surface area contributed by atoms with Crippen LogP contribution in [0.1, 0.15) is 12.5 Å². The van der Waals surface area contributed by atoms with Crippen molar-refractivity contribution >= 4 is 16.8 Å². The average Bonchev–Trinajstić information content (AvgIpc) is 2.72. The molecule has 0 aliphatic rings. The van der Waals surface area contributed by atoms with Crippen molar-refractivity contribution in [1.82, 2.24) is 10.3 Å². The van der Waals surface area contributed by atoms with Crippen LogP contribution < -0.4 is 11.1 Å². The van der Waals surface area contributed by atoms with Gasteiger partial charge in [0.15, 0.2) is 6.04 Å². The monoisotopic (exact) mass is 232 g/mol. The van der Waals surface area contributed by atoms with Crippen LogP contribution in [0, 0.1) is 0 Å². The molecule has 17 heavy (non-hydrogen) atoms. The summed E-state index contributed by atoms with van der Waals surface area (Å²) in [6.07, 6.45) is 2.84. The zero-order chi connectivity index (χ0) is 12.3. The molecule has 1 aromatic carbocycles. The summed E-state index contributed by atoms with van der Waals surface area (Å²) in [7, 11) is 0. The number of hydrogen-bond acceptors (Lipinski definition) is 1. The molecule has 2 rings (SSSR count). The van der Waals surface area contributed by atoms with E-state index in [2.05, 4.69) is 28.2 Å². The van der Waals surface area contributed by atoms with Crippen molar-refractivity contribution in [3.63, 3.8) is 0 Å². The van der Waals surface area contributed by atoms with Gasteiger partial charge < -0.3 is 16.0 Å². The van der Waals surface area contributed by atoms with Crippen molar-refractivity contribution in [3.8, 4) is 0 Å². The van der Waals surface area contributed by atoms with Gasteiger partial charge in [0.25, 0.3) is 5.91 Å². The van der Waals surface area contributed by atoms with Crippen LogP contribution in [0.2, 0.25) is 0 Å². The van der Waals surface area contributed by atoms with Gasteiger partial charge in [0, 0.05) is 23.6 Å². The first-order chi connectivity index (χ1) is 8.18. The second-order valence-corrected chi connectivity index (χ2v) is 4.30. The SMILES string of the molecule is C[C@H]([NH3+])C(=O)NCCc1c[nH]c2ccccc12. The molecule has 1 atom stereocenters. The second-order valence-electron chi connectivity index (χ2n) is 4.30. The quantitative estimate of drug-likeness (QED) is 0.704. The number of amides is 1. The number of quaternary nitrogens is 1. The third-order valence-electron chi connectivity index (χ3n) is 2.82. The minimum absolute atomic E-state index is 0.00448. The number of aromatic amines is 1. The van der Waals surface area contributed by atoms with Crippen molar-refractivity contribution in [3.05, 3.63) is 36.0 Å². The van der Waals surface area contributed by atoms with Crippen LogP contribution >= 0.6 is 0 Å². The Hall–Kier alpha value is -1.81. The summed E-state index contributed by atoms with van der Waals surface area (Å²) in [4.78, 5) is 14.6. The zero-order valence-corrected chi connectivity index (χ0v) is 9.99. The lowest BCUT2D eigenvalue weighted by molar-refractivity contribution is -0.398. The van der Waals surface area contributed by atoms with Crippen molar-refractivity contribution in [2.75, 3.05) is 6.54 Å². The van der Waals surface area contributed by atoms with Crippen molar-refractivity contribution < 1.29 is 10.5 Å². The second kappa shape index (κ2) is 5.01. The Kier molecular flexibility index (Phi) is 3.44. The molecule has 90 valence electrons. The van der Waals surface area contributed by atoms with Crippen LogP contribution in [0.25, 0.3) is 10.9 Å². The number of carbonyl (C=O) groups is 1. The molecule has 0 bridgehead atoms. The average molecular weight is 232 g/mol. The highest BCUT2D eigenvalue weighted by atomic mass is 16.2. The highest BCUT2D eigenvalue weighted by Crippen LogP contribution is 2.17. The van der Waals surface area contributed by atoms with E-state index in [1.807, 2.05) is 18.3 Å². The largest absolute Gasteiger partial charge is 0.361 e. The maximum absolute atomic E-state index is 11.4. The summed E-state index contributed by atoms with van der Waals surface area (Å²) in [6.45, 7) is 2.45. The molecule has 0 aliphatic carbocycles. The molecule has 0 unspecified atom stereocenters. The minimum atomic E-state index is -0.196. The molecule has 1 amide bonds. The topological polar surface area (TPSA) is 72.5 Å². The number of rotatable bonds is 4. The van der Waals surface area contributed by atoms with Crippen LogP contribution in [-0.2, 0) is 11.2 Å². The van der Waals surface area contributed by atoms with Gasteiger partial charge in [-0.25, -0.2) is 0 Å². The Bertz CT molecular complexity index is 516. The van der Waals surface area contributed by atoms with Crippen LogP contribution in [0.4, 0.5) is 0 Å². The predicted molar refractivity (Wildman–Crippen MR) is 67.4 cm³/mol. The fourth-order valence-electron chi connectivity index (χ4n) is 1.83. The molecule has 4 heteroatoms. The maximum Gasteiger partial charge on any atom is 0.277 e. The molecule has 1 heterocycles. The summed E-state index contributed by atoms with van der Waals surface area (Å²) < 4.78 is 0. The fraction of sp³-hybridized carbons (Fsp3) is 0.308. The predicted octanol–water partition coefficient (Wildman–Crippen LogP) is 0.457. The molecule has 0 saturated carbocycles. The highest BCUT2D eigenvalue weighted by Gasteiger charge is 2.09. The molecule has 0 saturated heterocycles. The Balaban J connectivity index is 1.98. The molecule has 1 aromatic heterocycles. The summed E-state index contributed by atoms with van der Waals surface area (Å²) in [6, 6.07) is 7.98. The number of fused-ring (bicyclic) bond motifs is 1. The summed E-state index contributed by atoms with van der Waals surface area (Å²) in [5.41, 5.74) is 6.06. The summed E-state index contributed by atoms with van der Waals surface area (Å²) >= 11 is 0. The smallest absolute Gasteiger partial charge is 0.277 e. The lowest BCUT2D eigenvalue weighted by Gasteiger charge is -2.05. The van der Waals surface area contributed by atoms with E-state index in [0.717, 1.165) is 11.9 Å². The Morgan fingerprint density at radius 3 is 3.00 bits per heavy atom. The normalized spacial score (nSPS) is 12.6. The molecule has 0 aliphatic heterocycles. The van der Waals surface area contributed by atoms with E-state index in [-0.39, 0.29) is 11.9 Å². The number of H-pyrrole nitrogens is 1. The van der Waals surface area contributed by atoms with Gasteiger partial charge in [-0.2, -0.15) is 0 Å². The van der Waals surface area contributed by atoms with Gasteiger partial charge in [-0.05, 0) is 25.0 Å². The van der Waals surface area contributed by atoms with Crippen molar-refractivity contribution in [1.29, 1.82) is 0 Å². The standard InChI is InChI=1S/C13H17N3O/c1-9(14)13(17)15-7-6-10-8-16-12-5-3-2-4-11(10)12/h2-5,8-9,16H,6-7,14H2,1H3,(H,15,17)/p+1/t9-/m0/s1. The number of para-hydroxylation sites is 1. The van der Waals surface area contributed by atoms with Crippen molar-refractivity contribution in [2.24, 2.45) is 0 Å². The molecule has 0 radical (unpaired) electrons. The summed E-state index contributed by atoms with van der Waals surface area (Å²) in [5.74, 6) is 0.00448. The van der Waals surface area contributed by atoms with Gasteiger partial charge in [0.1, 0.15) is 0 Å². The first-order valence-corrected chi connectivity index (χ1v) is 5.84. The Morgan fingerprint density at radius 1 is 1.47 bits per heavy atom. The number of aromatic nitrogens is 1. The van der Waals surface area contributed by atoms with E-state index in [9.17, 15) is 4.79 Å². The van der Waals surface area contributed by atoms with E-state index in [1.54, 1.807) is 6.92 Å². The molecular formula is C13H18N3O+. The van der Waals surface area contributed by atoms with E-state index in [1.165, 1.54) is 10.9 Å². The Morgan fingerprint density at radius 2 is 2.24 bits per heavy atom. The number of benzene rings is 1. The molecular weight excluding hydrogens is 214 g/mol. The van der Waals surface area contributed by atoms with E-state index in [4.69, 9.17) is 0 Å². The molecule has 4 nitrogen and oxygen atoms in total. The van der Waals surface area contributed by atoms with E-state index in [0.29, 0.717) is 6.54 Å². The van der Waals surface area contributed by atoms with E-state index < -0.39 is 0 Å². The van der Waals surface area contributed by atoms with E-state index >= 15 is 0 Å². The van der Waals surface area contributed by atoms with Gasteiger partial charge in [-0.3, -0.25) is 4.79 Å². The maximum atomic E-state index is 11.4. The third kappa shape index (κ3) is 2.65.